The van der Waals surface area contributed by atoms with Crippen LogP contribution in [0, 0.1) is 6.92 Å². The zero-order valence-corrected chi connectivity index (χ0v) is 9.71. The Morgan fingerprint density at radius 2 is 2.33 bits per heavy atom. The summed E-state index contributed by atoms with van der Waals surface area (Å²) in [4.78, 5) is 23.1. The molecule has 2 heterocycles. The van der Waals surface area contributed by atoms with Crippen molar-refractivity contribution in [2.45, 2.75) is 19.9 Å². The molecule has 0 saturated heterocycles. The van der Waals surface area contributed by atoms with Crippen molar-refractivity contribution in [3.05, 3.63) is 34.5 Å². The molecule has 0 aliphatic rings. The molecule has 0 radical (unpaired) electrons. The lowest BCUT2D eigenvalue weighted by Gasteiger charge is -2.04. The molecule has 0 unspecified atom stereocenters. The highest BCUT2D eigenvalue weighted by Crippen LogP contribution is 2.17. The van der Waals surface area contributed by atoms with E-state index in [1.807, 2.05) is 0 Å². The van der Waals surface area contributed by atoms with E-state index in [9.17, 15) is 9.59 Å². The van der Waals surface area contributed by atoms with Gasteiger partial charge in [0, 0.05) is 6.54 Å². The zero-order chi connectivity index (χ0) is 13.3. The van der Waals surface area contributed by atoms with Crippen LogP contribution in [-0.4, -0.2) is 26.0 Å². The maximum absolute atomic E-state index is 12.0. The van der Waals surface area contributed by atoms with Crippen LogP contribution in [0.1, 0.15) is 22.7 Å². The van der Waals surface area contributed by atoms with Crippen LogP contribution in [-0.2, 0) is 6.54 Å². The lowest BCUT2D eigenvalue weighted by molar-refractivity contribution is 0.0690. The van der Waals surface area contributed by atoms with Crippen molar-refractivity contribution in [2.24, 2.45) is 0 Å². The highest BCUT2D eigenvalue weighted by atomic mass is 16.5. The van der Waals surface area contributed by atoms with Gasteiger partial charge < -0.3 is 9.63 Å². The summed E-state index contributed by atoms with van der Waals surface area (Å²) in [6.07, 6.45) is 2.13. The van der Waals surface area contributed by atoms with Gasteiger partial charge in [-0.05, 0) is 13.3 Å². The summed E-state index contributed by atoms with van der Waals surface area (Å²) in [7, 11) is 0. The number of hydrogen-bond acceptors (Lipinski definition) is 5. The van der Waals surface area contributed by atoms with Crippen LogP contribution in [0.5, 0.6) is 0 Å². The topological polar surface area (TPSA) is 98.2 Å². The van der Waals surface area contributed by atoms with Crippen LogP contribution >= 0.6 is 0 Å². The number of allylic oxidation sites excluding steroid dienone is 1. The third-order valence-corrected chi connectivity index (χ3v) is 2.50. The van der Waals surface area contributed by atoms with Gasteiger partial charge in [-0.25, -0.2) is 9.48 Å². The number of nitrogens with zero attached hydrogens (tertiary/aromatic N) is 3. The molecule has 0 spiro atoms. The molecule has 0 saturated carbocycles. The zero-order valence-electron chi connectivity index (χ0n) is 9.71. The van der Waals surface area contributed by atoms with Crippen molar-refractivity contribution in [2.75, 3.05) is 0 Å². The summed E-state index contributed by atoms with van der Waals surface area (Å²) in [6.45, 7) is 5.33. The smallest absolute Gasteiger partial charge is 0.357 e. The first-order chi connectivity index (χ1) is 8.56. The Morgan fingerprint density at radius 1 is 1.61 bits per heavy atom. The lowest BCUT2D eigenvalue weighted by Crippen LogP contribution is -2.26. The molecule has 2 aromatic rings. The van der Waals surface area contributed by atoms with E-state index in [0.29, 0.717) is 6.42 Å². The molecule has 0 fully saturated rings. The summed E-state index contributed by atoms with van der Waals surface area (Å²) >= 11 is 0. The summed E-state index contributed by atoms with van der Waals surface area (Å²) < 4.78 is 5.92. The van der Waals surface area contributed by atoms with E-state index in [0.717, 1.165) is 4.68 Å². The Balaban J connectivity index is 2.76. The van der Waals surface area contributed by atoms with Gasteiger partial charge in [0.1, 0.15) is 5.76 Å². The van der Waals surface area contributed by atoms with E-state index >= 15 is 0 Å². The number of carbonyl (C=O) groups is 1. The van der Waals surface area contributed by atoms with Gasteiger partial charge in [-0.2, -0.15) is 5.10 Å². The first kappa shape index (κ1) is 12.0. The minimum absolute atomic E-state index is 0.0102. The van der Waals surface area contributed by atoms with E-state index in [-0.39, 0.29) is 28.9 Å². The Labute approximate surface area is 101 Å². The van der Waals surface area contributed by atoms with Gasteiger partial charge in [0.15, 0.2) is 11.2 Å². The molecule has 7 nitrogen and oxygen atoms in total. The first-order valence-electron chi connectivity index (χ1n) is 5.27. The van der Waals surface area contributed by atoms with Crippen molar-refractivity contribution >= 4 is 16.9 Å². The minimum atomic E-state index is -1.22. The minimum Gasteiger partial charge on any atom is -0.476 e. The summed E-state index contributed by atoms with van der Waals surface area (Å²) in [5.74, 6) is -0.957. The number of aromatic nitrogens is 3. The second kappa shape index (κ2) is 4.44. The van der Waals surface area contributed by atoms with Crippen LogP contribution < -0.4 is 5.56 Å². The maximum atomic E-state index is 12.0. The fraction of sp³-hybridized carbons (Fsp3) is 0.273. The van der Waals surface area contributed by atoms with E-state index in [2.05, 4.69) is 16.8 Å². The Hall–Kier alpha value is -2.44. The van der Waals surface area contributed by atoms with Gasteiger partial charge >= 0.3 is 5.97 Å². The Kier molecular flexibility index (Phi) is 2.97. The van der Waals surface area contributed by atoms with Crippen molar-refractivity contribution in [1.29, 1.82) is 0 Å². The van der Waals surface area contributed by atoms with E-state index in [4.69, 9.17) is 9.63 Å². The Bertz CT molecular complexity index is 683. The SMILES string of the molecule is C=CCCn1nc(C(=O)O)c2c(C)onc2c1=O. The monoisotopic (exact) mass is 249 g/mol. The molecule has 0 aromatic carbocycles. The number of aromatic carboxylic acids is 1. The normalized spacial score (nSPS) is 10.7. The highest BCUT2D eigenvalue weighted by molar-refractivity contribution is 6.00. The Morgan fingerprint density at radius 3 is 2.94 bits per heavy atom. The third-order valence-electron chi connectivity index (χ3n) is 2.50. The molecule has 2 rings (SSSR count). The second-order valence-electron chi connectivity index (χ2n) is 3.72. The molecular weight excluding hydrogens is 238 g/mol. The summed E-state index contributed by atoms with van der Waals surface area (Å²) in [5, 5.41) is 16.7. The van der Waals surface area contributed by atoms with Gasteiger partial charge in [0.25, 0.3) is 5.56 Å². The number of aryl methyl sites for hydroxylation is 2. The largest absolute Gasteiger partial charge is 0.476 e. The van der Waals surface area contributed by atoms with Crippen LogP contribution in [0.25, 0.3) is 10.9 Å². The van der Waals surface area contributed by atoms with Crippen molar-refractivity contribution in [3.63, 3.8) is 0 Å². The molecule has 7 heteroatoms. The quantitative estimate of drug-likeness (QED) is 0.810. The average molecular weight is 249 g/mol. The van der Waals surface area contributed by atoms with Crippen LogP contribution in [0.2, 0.25) is 0 Å². The number of rotatable bonds is 4. The molecule has 0 aliphatic heterocycles. The van der Waals surface area contributed by atoms with Gasteiger partial charge in [-0.15, -0.1) is 6.58 Å². The van der Waals surface area contributed by atoms with Gasteiger partial charge in [0.2, 0.25) is 0 Å². The highest BCUT2D eigenvalue weighted by Gasteiger charge is 2.21. The number of carboxylic acids is 1. The molecule has 0 bridgehead atoms. The van der Waals surface area contributed by atoms with E-state index in [1.54, 1.807) is 6.08 Å². The number of fused-ring (bicyclic) bond motifs is 1. The van der Waals surface area contributed by atoms with E-state index < -0.39 is 11.5 Å². The number of carboxylic acid groups (broad SMARTS) is 1. The predicted molar refractivity (Wildman–Crippen MR) is 62.6 cm³/mol. The van der Waals surface area contributed by atoms with E-state index in [1.165, 1.54) is 6.92 Å². The molecule has 94 valence electrons. The number of hydrogen-bond donors (Lipinski definition) is 1. The van der Waals surface area contributed by atoms with Crippen molar-refractivity contribution in [3.8, 4) is 0 Å². The van der Waals surface area contributed by atoms with Crippen LogP contribution in [0.15, 0.2) is 22.0 Å². The van der Waals surface area contributed by atoms with Crippen molar-refractivity contribution < 1.29 is 14.4 Å². The average Bonchev–Trinajstić information content (AvgIpc) is 2.71. The fourth-order valence-corrected chi connectivity index (χ4v) is 1.65. The van der Waals surface area contributed by atoms with Gasteiger partial charge in [0.05, 0.1) is 5.39 Å². The van der Waals surface area contributed by atoms with Crippen LogP contribution in [0.4, 0.5) is 0 Å². The van der Waals surface area contributed by atoms with Gasteiger partial charge in [-0.1, -0.05) is 11.2 Å². The molecular formula is C11H11N3O4. The molecule has 0 amide bonds. The molecule has 1 N–H and O–H groups in total. The maximum Gasteiger partial charge on any atom is 0.357 e. The predicted octanol–water partition coefficient (Wildman–Crippen LogP) is 0.967. The molecule has 2 aromatic heterocycles. The molecule has 18 heavy (non-hydrogen) atoms. The standard InChI is InChI=1S/C11H11N3O4/c1-3-4-5-14-10(15)8-7(6(2)18-13-8)9(12-14)11(16)17/h3H,1,4-5H2,2H3,(H,16,17). The van der Waals surface area contributed by atoms with Crippen molar-refractivity contribution in [1.82, 2.24) is 14.9 Å². The van der Waals surface area contributed by atoms with Gasteiger partial charge in [-0.3, -0.25) is 4.79 Å². The summed E-state index contributed by atoms with van der Waals surface area (Å²) in [6, 6.07) is 0. The van der Waals surface area contributed by atoms with Crippen LogP contribution in [0.3, 0.4) is 0 Å². The first-order valence-corrected chi connectivity index (χ1v) is 5.27. The fourth-order valence-electron chi connectivity index (χ4n) is 1.65. The second-order valence-corrected chi connectivity index (χ2v) is 3.72. The molecule has 0 aliphatic carbocycles. The lowest BCUT2D eigenvalue weighted by atomic mass is 10.2. The third kappa shape index (κ3) is 1.79. The summed E-state index contributed by atoms with van der Waals surface area (Å²) in [5.41, 5.74) is -0.704. The molecule has 0 atom stereocenters.